The molecule has 0 bridgehead atoms. The van der Waals surface area contributed by atoms with Crippen LogP contribution >= 0.6 is 0 Å². The Morgan fingerprint density at radius 1 is 1.21 bits per heavy atom. The molecule has 1 unspecified atom stereocenters. The molecule has 0 saturated carbocycles. The summed E-state index contributed by atoms with van der Waals surface area (Å²) in [6.07, 6.45) is 1.18. The van der Waals surface area contributed by atoms with Crippen LogP contribution in [0.1, 0.15) is 20.3 Å². The van der Waals surface area contributed by atoms with Gasteiger partial charge in [0.15, 0.2) is 0 Å². The number of carbonyl (C=O) groups excluding carboxylic acids is 1. The maximum absolute atomic E-state index is 12.9. The van der Waals surface area contributed by atoms with Gasteiger partial charge in [-0.25, -0.2) is 0 Å². The molecule has 0 aromatic heterocycles. The SMILES string of the molecule is CC(C)N(C(=O)CN1CCC(N2CCNCC2)C1)c1ccccc1. The molecule has 1 atom stereocenters. The number of para-hydroxylation sites is 1. The summed E-state index contributed by atoms with van der Waals surface area (Å²) in [7, 11) is 0. The largest absolute Gasteiger partial charge is 0.314 e. The topological polar surface area (TPSA) is 38.8 Å². The number of anilines is 1. The standard InChI is InChI=1S/C19H30N4O/c1-16(2)23(17-6-4-3-5-7-17)19(24)15-21-11-8-18(14-21)22-12-9-20-10-13-22/h3-7,16,18,20H,8-15H2,1-2H3. The van der Waals surface area contributed by atoms with Crippen molar-refractivity contribution in [3.8, 4) is 0 Å². The van der Waals surface area contributed by atoms with Gasteiger partial charge in [0.1, 0.15) is 0 Å². The fourth-order valence-corrected chi connectivity index (χ4v) is 3.89. The molecule has 24 heavy (non-hydrogen) atoms. The molecule has 2 fully saturated rings. The highest BCUT2D eigenvalue weighted by molar-refractivity contribution is 5.95. The highest BCUT2D eigenvalue weighted by atomic mass is 16.2. The van der Waals surface area contributed by atoms with Crippen LogP contribution in [0.25, 0.3) is 0 Å². The molecular weight excluding hydrogens is 300 g/mol. The highest BCUT2D eigenvalue weighted by Crippen LogP contribution is 2.20. The predicted molar refractivity (Wildman–Crippen MR) is 98.4 cm³/mol. The number of benzene rings is 1. The molecule has 2 saturated heterocycles. The maximum Gasteiger partial charge on any atom is 0.241 e. The zero-order valence-corrected chi connectivity index (χ0v) is 14.9. The van der Waals surface area contributed by atoms with E-state index in [4.69, 9.17) is 0 Å². The minimum absolute atomic E-state index is 0.173. The van der Waals surface area contributed by atoms with Crippen LogP contribution in [-0.4, -0.2) is 73.6 Å². The Bertz CT molecular complexity index is 527. The quantitative estimate of drug-likeness (QED) is 0.886. The fourth-order valence-electron chi connectivity index (χ4n) is 3.89. The third kappa shape index (κ3) is 4.15. The van der Waals surface area contributed by atoms with Crippen molar-refractivity contribution in [2.24, 2.45) is 0 Å². The third-order valence-corrected chi connectivity index (χ3v) is 5.09. The molecule has 1 amide bonds. The second-order valence-corrected chi connectivity index (χ2v) is 7.16. The Hall–Kier alpha value is -1.43. The summed E-state index contributed by atoms with van der Waals surface area (Å²) in [6.45, 7) is 11.2. The van der Waals surface area contributed by atoms with E-state index in [-0.39, 0.29) is 11.9 Å². The number of nitrogens with one attached hydrogen (secondary N) is 1. The molecule has 0 aliphatic carbocycles. The van der Waals surface area contributed by atoms with Crippen molar-refractivity contribution in [2.75, 3.05) is 50.7 Å². The summed E-state index contributed by atoms with van der Waals surface area (Å²) in [5.74, 6) is 0.206. The van der Waals surface area contributed by atoms with Gasteiger partial charge in [-0.1, -0.05) is 18.2 Å². The number of hydrogen-bond acceptors (Lipinski definition) is 4. The number of nitrogens with zero attached hydrogens (tertiary/aromatic N) is 3. The van der Waals surface area contributed by atoms with Gasteiger partial charge in [0.05, 0.1) is 6.54 Å². The number of rotatable bonds is 5. The minimum Gasteiger partial charge on any atom is -0.314 e. The maximum atomic E-state index is 12.9. The van der Waals surface area contributed by atoms with E-state index in [1.54, 1.807) is 0 Å². The molecule has 5 heteroatoms. The van der Waals surface area contributed by atoms with Gasteiger partial charge in [0, 0.05) is 57.0 Å². The van der Waals surface area contributed by atoms with Gasteiger partial charge in [-0.2, -0.15) is 0 Å². The van der Waals surface area contributed by atoms with Crippen molar-refractivity contribution in [3.63, 3.8) is 0 Å². The molecule has 2 aliphatic heterocycles. The Balaban J connectivity index is 1.57. The monoisotopic (exact) mass is 330 g/mol. The summed E-state index contributed by atoms with van der Waals surface area (Å²) < 4.78 is 0. The summed E-state index contributed by atoms with van der Waals surface area (Å²) in [6, 6.07) is 10.8. The van der Waals surface area contributed by atoms with E-state index in [0.29, 0.717) is 12.6 Å². The lowest BCUT2D eigenvalue weighted by atomic mass is 10.2. The molecule has 0 radical (unpaired) electrons. The summed E-state index contributed by atoms with van der Waals surface area (Å²) in [5, 5.41) is 3.41. The van der Waals surface area contributed by atoms with E-state index in [0.717, 1.165) is 45.0 Å². The number of hydrogen-bond donors (Lipinski definition) is 1. The van der Waals surface area contributed by atoms with Gasteiger partial charge < -0.3 is 10.2 Å². The van der Waals surface area contributed by atoms with Crippen molar-refractivity contribution in [3.05, 3.63) is 30.3 Å². The van der Waals surface area contributed by atoms with Crippen LogP contribution in [-0.2, 0) is 4.79 Å². The number of carbonyl (C=O) groups is 1. The molecule has 0 spiro atoms. The first-order chi connectivity index (χ1) is 11.6. The number of piperazine rings is 1. The second kappa shape index (κ2) is 8.10. The molecular formula is C19H30N4O. The van der Waals surface area contributed by atoms with Crippen LogP contribution in [0.2, 0.25) is 0 Å². The van der Waals surface area contributed by atoms with Crippen molar-refractivity contribution in [2.45, 2.75) is 32.4 Å². The predicted octanol–water partition coefficient (Wildman–Crippen LogP) is 1.41. The average molecular weight is 330 g/mol. The van der Waals surface area contributed by atoms with Gasteiger partial charge in [-0.15, -0.1) is 0 Å². The Morgan fingerprint density at radius 2 is 1.92 bits per heavy atom. The van der Waals surface area contributed by atoms with Crippen LogP contribution in [0.4, 0.5) is 5.69 Å². The highest BCUT2D eigenvalue weighted by Gasteiger charge is 2.30. The van der Waals surface area contributed by atoms with E-state index < -0.39 is 0 Å². The first-order valence-corrected chi connectivity index (χ1v) is 9.19. The molecule has 1 aromatic rings. The zero-order valence-electron chi connectivity index (χ0n) is 14.9. The van der Waals surface area contributed by atoms with Crippen LogP contribution in [0, 0.1) is 0 Å². The van der Waals surface area contributed by atoms with E-state index in [1.807, 2.05) is 35.2 Å². The minimum atomic E-state index is 0.173. The number of likely N-dealkylation sites (tertiary alicyclic amines) is 1. The van der Waals surface area contributed by atoms with E-state index in [9.17, 15) is 4.79 Å². The average Bonchev–Trinajstić information content (AvgIpc) is 3.05. The molecule has 2 aliphatic rings. The van der Waals surface area contributed by atoms with Crippen LogP contribution in [0.5, 0.6) is 0 Å². The fraction of sp³-hybridized carbons (Fsp3) is 0.632. The van der Waals surface area contributed by atoms with E-state index in [1.165, 1.54) is 6.42 Å². The molecule has 2 heterocycles. The lowest BCUT2D eigenvalue weighted by molar-refractivity contribution is -0.119. The summed E-state index contributed by atoms with van der Waals surface area (Å²) in [4.78, 5) is 19.7. The van der Waals surface area contributed by atoms with Crippen LogP contribution < -0.4 is 10.2 Å². The third-order valence-electron chi connectivity index (χ3n) is 5.09. The summed E-state index contributed by atoms with van der Waals surface area (Å²) >= 11 is 0. The lowest BCUT2D eigenvalue weighted by Crippen LogP contribution is -2.49. The van der Waals surface area contributed by atoms with Crippen molar-refractivity contribution < 1.29 is 4.79 Å². The molecule has 132 valence electrons. The lowest BCUT2D eigenvalue weighted by Gasteiger charge is -2.33. The van der Waals surface area contributed by atoms with E-state index in [2.05, 4.69) is 29.0 Å². The van der Waals surface area contributed by atoms with Crippen molar-refractivity contribution in [1.29, 1.82) is 0 Å². The summed E-state index contributed by atoms with van der Waals surface area (Å²) in [5.41, 5.74) is 0.996. The molecule has 1 N–H and O–H groups in total. The molecule has 3 rings (SSSR count). The Morgan fingerprint density at radius 3 is 2.58 bits per heavy atom. The van der Waals surface area contributed by atoms with Crippen LogP contribution in [0.3, 0.4) is 0 Å². The number of amides is 1. The normalized spacial score (nSPS) is 22.9. The van der Waals surface area contributed by atoms with Gasteiger partial charge in [0.25, 0.3) is 0 Å². The zero-order chi connectivity index (χ0) is 16.9. The first-order valence-electron chi connectivity index (χ1n) is 9.19. The van der Waals surface area contributed by atoms with Crippen molar-refractivity contribution >= 4 is 11.6 Å². The Labute approximate surface area is 145 Å². The van der Waals surface area contributed by atoms with Gasteiger partial charge in [-0.3, -0.25) is 14.6 Å². The van der Waals surface area contributed by atoms with Gasteiger partial charge >= 0.3 is 0 Å². The van der Waals surface area contributed by atoms with Gasteiger partial charge in [0.2, 0.25) is 5.91 Å². The van der Waals surface area contributed by atoms with E-state index >= 15 is 0 Å². The Kier molecular flexibility index (Phi) is 5.87. The first kappa shape index (κ1) is 17.4. The van der Waals surface area contributed by atoms with Gasteiger partial charge in [-0.05, 0) is 32.4 Å². The molecule has 1 aromatic carbocycles. The smallest absolute Gasteiger partial charge is 0.241 e. The molecule has 5 nitrogen and oxygen atoms in total. The second-order valence-electron chi connectivity index (χ2n) is 7.16. The van der Waals surface area contributed by atoms with Crippen molar-refractivity contribution in [1.82, 2.24) is 15.1 Å². The van der Waals surface area contributed by atoms with Crippen LogP contribution in [0.15, 0.2) is 30.3 Å².